The molecule has 1 fully saturated rings. The zero-order valence-corrected chi connectivity index (χ0v) is 12.7. The van der Waals surface area contributed by atoms with Crippen LogP contribution in [0.15, 0.2) is 18.2 Å². The van der Waals surface area contributed by atoms with Crippen LogP contribution < -0.4 is 5.73 Å². The topological polar surface area (TPSA) is 29.3 Å². The normalized spacial score (nSPS) is 19.4. The lowest BCUT2D eigenvalue weighted by Gasteiger charge is -2.24. The largest absolute Gasteiger partial charge is 0.389 e. The van der Waals surface area contributed by atoms with E-state index in [2.05, 4.69) is 11.9 Å². The summed E-state index contributed by atoms with van der Waals surface area (Å²) >= 11 is 13.2. The number of halogens is 1. The molecular formula is C13H17ClN2S2. The van der Waals surface area contributed by atoms with Gasteiger partial charge < -0.3 is 5.73 Å². The molecule has 2 N–H and O–H groups in total. The van der Waals surface area contributed by atoms with Crippen molar-refractivity contribution in [3.05, 3.63) is 34.3 Å². The molecule has 0 spiro atoms. The van der Waals surface area contributed by atoms with Crippen LogP contribution >= 0.6 is 35.6 Å². The molecule has 1 saturated heterocycles. The highest BCUT2D eigenvalue weighted by Crippen LogP contribution is 2.25. The smallest absolute Gasteiger partial charge is 0.104 e. The summed E-state index contributed by atoms with van der Waals surface area (Å²) in [4.78, 5) is 2.77. The molecule has 0 amide bonds. The van der Waals surface area contributed by atoms with Crippen molar-refractivity contribution in [3.8, 4) is 0 Å². The Kier molecular flexibility index (Phi) is 4.90. The average molecular weight is 301 g/mol. The third-order valence-corrected chi connectivity index (χ3v) is 5.02. The van der Waals surface area contributed by atoms with Gasteiger partial charge in [0.2, 0.25) is 0 Å². The van der Waals surface area contributed by atoms with Crippen molar-refractivity contribution in [1.29, 1.82) is 0 Å². The molecule has 18 heavy (non-hydrogen) atoms. The zero-order chi connectivity index (χ0) is 13.1. The molecule has 2 rings (SSSR count). The van der Waals surface area contributed by atoms with Crippen LogP contribution in [0.5, 0.6) is 0 Å². The first-order valence-corrected chi connectivity index (χ1v) is 7.88. The standard InChI is InChI=1S/C13H17ClN2S2/c1-16(11-4-5-18-8-11)7-10-3-2-9(13(15)17)6-12(10)14/h2-3,6,11H,4-5,7-8H2,1H3,(H2,15,17). The van der Waals surface area contributed by atoms with Gasteiger partial charge in [0.1, 0.15) is 4.99 Å². The van der Waals surface area contributed by atoms with Crippen molar-refractivity contribution in [2.45, 2.75) is 19.0 Å². The maximum Gasteiger partial charge on any atom is 0.104 e. The van der Waals surface area contributed by atoms with Crippen molar-refractivity contribution in [3.63, 3.8) is 0 Å². The summed E-state index contributed by atoms with van der Waals surface area (Å²) in [5, 5.41) is 0.748. The quantitative estimate of drug-likeness (QED) is 0.866. The van der Waals surface area contributed by atoms with Crippen LogP contribution in [0.2, 0.25) is 5.02 Å². The molecule has 1 aliphatic heterocycles. The molecule has 1 aliphatic rings. The van der Waals surface area contributed by atoms with Gasteiger partial charge in [-0.15, -0.1) is 0 Å². The van der Waals surface area contributed by atoms with Crippen LogP contribution in [-0.2, 0) is 6.54 Å². The summed E-state index contributed by atoms with van der Waals surface area (Å²) in [5.74, 6) is 2.49. The van der Waals surface area contributed by atoms with Crippen LogP contribution in [0.3, 0.4) is 0 Å². The number of rotatable bonds is 4. The van der Waals surface area contributed by atoms with Gasteiger partial charge >= 0.3 is 0 Å². The summed E-state index contributed by atoms with van der Waals surface area (Å²) in [5.41, 5.74) is 7.56. The van der Waals surface area contributed by atoms with Crippen molar-refractivity contribution in [1.82, 2.24) is 4.90 Å². The maximum absolute atomic E-state index is 6.28. The number of thioether (sulfide) groups is 1. The van der Waals surface area contributed by atoms with Gasteiger partial charge in [-0.25, -0.2) is 0 Å². The van der Waals surface area contributed by atoms with Gasteiger partial charge in [0.05, 0.1) is 0 Å². The Balaban J connectivity index is 2.06. The van der Waals surface area contributed by atoms with E-state index < -0.39 is 0 Å². The average Bonchev–Trinajstić information content (AvgIpc) is 2.85. The minimum atomic E-state index is 0.393. The number of benzene rings is 1. The van der Waals surface area contributed by atoms with Gasteiger partial charge in [0.15, 0.2) is 0 Å². The van der Waals surface area contributed by atoms with Crippen molar-refractivity contribution in [2.75, 3.05) is 18.6 Å². The van der Waals surface area contributed by atoms with E-state index in [-0.39, 0.29) is 0 Å². The Morgan fingerprint density at radius 1 is 1.61 bits per heavy atom. The fourth-order valence-corrected chi connectivity index (χ4v) is 3.76. The lowest BCUT2D eigenvalue weighted by atomic mass is 10.1. The molecule has 1 unspecified atom stereocenters. The Morgan fingerprint density at radius 2 is 2.39 bits per heavy atom. The monoisotopic (exact) mass is 300 g/mol. The molecule has 1 heterocycles. The Morgan fingerprint density at radius 3 is 2.94 bits per heavy atom. The fraction of sp³-hybridized carbons (Fsp3) is 0.462. The summed E-state index contributed by atoms with van der Waals surface area (Å²) < 4.78 is 0. The van der Waals surface area contributed by atoms with Gasteiger partial charge in [0.25, 0.3) is 0 Å². The molecule has 0 bridgehead atoms. The van der Waals surface area contributed by atoms with Gasteiger partial charge in [-0.1, -0.05) is 36.0 Å². The molecule has 98 valence electrons. The third kappa shape index (κ3) is 3.38. The van der Waals surface area contributed by atoms with E-state index in [1.54, 1.807) is 0 Å². The maximum atomic E-state index is 6.28. The molecule has 1 aromatic rings. The van der Waals surface area contributed by atoms with E-state index in [4.69, 9.17) is 29.6 Å². The molecule has 0 aliphatic carbocycles. The van der Waals surface area contributed by atoms with E-state index in [9.17, 15) is 0 Å². The van der Waals surface area contributed by atoms with E-state index in [0.717, 1.165) is 22.7 Å². The number of nitrogens with two attached hydrogens (primary N) is 1. The van der Waals surface area contributed by atoms with E-state index in [1.807, 2.05) is 30.0 Å². The first-order valence-electron chi connectivity index (χ1n) is 5.94. The molecule has 0 radical (unpaired) electrons. The predicted molar refractivity (Wildman–Crippen MR) is 84.5 cm³/mol. The Labute approximate surface area is 123 Å². The van der Waals surface area contributed by atoms with E-state index in [0.29, 0.717) is 11.0 Å². The summed E-state index contributed by atoms with van der Waals surface area (Å²) in [6.45, 7) is 0.877. The van der Waals surface area contributed by atoms with E-state index in [1.165, 1.54) is 17.9 Å². The molecule has 0 saturated carbocycles. The van der Waals surface area contributed by atoms with Gasteiger partial charge in [-0.2, -0.15) is 11.8 Å². The van der Waals surface area contributed by atoms with Gasteiger partial charge in [-0.05, 0) is 30.9 Å². The second-order valence-electron chi connectivity index (χ2n) is 4.60. The molecule has 1 aromatic carbocycles. The van der Waals surface area contributed by atoms with Crippen LogP contribution in [0, 0.1) is 0 Å². The predicted octanol–water partition coefficient (Wildman–Crippen LogP) is 2.91. The summed E-state index contributed by atoms with van der Waals surface area (Å²) in [7, 11) is 2.16. The van der Waals surface area contributed by atoms with Crippen molar-refractivity contribution >= 4 is 40.6 Å². The van der Waals surface area contributed by atoms with Crippen LogP contribution in [0.1, 0.15) is 17.5 Å². The Hall–Kier alpha value is -0.290. The van der Waals surface area contributed by atoms with Gasteiger partial charge in [0, 0.05) is 28.9 Å². The summed E-state index contributed by atoms with van der Waals surface area (Å²) in [6.07, 6.45) is 1.27. The first kappa shape index (κ1) is 14.1. The first-order chi connectivity index (χ1) is 8.58. The van der Waals surface area contributed by atoms with Crippen LogP contribution in [-0.4, -0.2) is 34.5 Å². The number of hydrogen-bond donors (Lipinski definition) is 1. The Bertz CT molecular complexity index is 445. The highest BCUT2D eigenvalue weighted by molar-refractivity contribution is 7.99. The third-order valence-electron chi connectivity index (χ3n) is 3.29. The highest BCUT2D eigenvalue weighted by Gasteiger charge is 2.20. The lowest BCUT2D eigenvalue weighted by molar-refractivity contribution is 0.254. The second-order valence-corrected chi connectivity index (χ2v) is 6.60. The van der Waals surface area contributed by atoms with Gasteiger partial charge in [-0.3, -0.25) is 4.90 Å². The number of hydrogen-bond acceptors (Lipinski definition) is 3. The number of nitrogens with zero attached hydrogens (tertiary/aromatic N) is 1. The van der Waals surface area contributed by atoms with Crippen molar-refractivity contribution < 1.29 is 0 Å². The second kappa shape index (κ2) is 6.24. The summed E-state index contributed by atoms with van der Waals surface area (Å²) in [6, 6.07) is 6.49. The van der Waals surface area contributed by atoms with Crippen LogP contribution in [0.25, 0.3) is 0 Å². The zero-order valence-electron chi connectivity index (χ0n) is 10.4. The minimum absolute atomic E-state index is 0.393. The SMILES string of the molecule is CN(Cc1ccc(C(N)=S)cc1Cl)C1CCSC1. The minimum Gasteiger partial charge on any atom is -0.389 e. The molecule has 5 heteroatoms. The molecule has 2 nitrogen and oxygen atoms in total. The van der Waals surface area contributed by atoms with Crippen LogP contribution in [0.4, 0.5) is 0 Å². The molecule has 0 aromatic heterocycles. The molecule has 1 atom stereocenters. The highest BCUT2D eigenvalue weighted by atomic mass is 35.5. The van der Waals surface area contributed by atoms with E-state index >= 15 is 0 Å². The van der Waals surface area contributed by atoms with Crippen molar-refractivity contribution in [2.24, 2.45) is 5.73 Å². The lowest BCUT2D eigenvalue weighted by Crippen LogP contribution is -2.31. The fourth-order valence-electron chi connectivity index (χ4n) is 2.10. The number of thiocarbonyl (C=S) groups is 1. The molecular weight excluding hydrogens is 284 g/mol.